The van der Waals surface area contributed by atoms with Gasteiger partial charge in [-0.15, -0.1) is 94.1 Å². The van der Waals surface area contributed by atoms with Crippen molar-refractivity contribution in [3.63, 3.8) is 0 Å². The van der Waals surface area contributed by atoms with Crippen molar-refractivity contribution >= 4 is 32.9 Å². The van der Waals surface area contributed by atoms with Crippen molar-refractivity contribution in [2.75, 3.05) is 0 Å². The van der Waals surface area contributed by atoms with E-state index in [0.717, 1.165) is 12.8 Å². The molecule has 0 radical (unpaired) electrons. The summed E-state index contributed by atoms with van der Waals surface area (Å²) in [6, 6.07) is 15.0. The fourth-order valence-electron chi connectivity index (χ4n) is 3.83. The molecule has 3 heteroatoms. The average molecular weight is 533 g/mol. The number of hydrogen-bond acceptors (Lipinski definition) is 0. The monoisotopic (exact) mass is 530 g/mol. The van der Waals surface area contributed by atoms with Gasteiger partial charge >= 0.3 is 46.5 Å². The number of allylic oxidation sites excluding steroid dienone is 2. The second-order valence-electron chi connectivity index (χ2n) is 9.86. The zero-order chi connectivity index (χ0) is 23.2. The molecule has 0 N–H and O–H groups in total. The Kier molecular flexibility index (Phi) is 9.75. The molecule has 4 rings (SSSR count). The molecule has 31 heavy (non-hydrogen) atoms. The summed E-state index contributed by atoms with van der Waals surface area (Å²) in [7, 11) is 10.7. The predicted molar refractivity (Wildman–Crippen MR) is 137 cm³/mol. The van der Waals surface area contributed by atoms with Crippen LogP contribution in [0.5, 0.6) is 0 Å². The van der Waals surface area contributed by atoms with E-state index in [9.17, 15) is 0 Å². The van der Waals surface area contributed by atoms with E-state index in [4.69, 9.17) is 17.0 Å². The summed E-state index contributed by atoms with van der Waals surface area (Å²) in [4.78, 5) is 0. The summed E-state index contributed by atoms with van der Waals surface area (Å²) < 4.78 is 1.89. The molecule has 166 valence electrons. The normalized spacial score (nSPS) is 13.5. The summed E-state index contributed by atoms with van der Waals surface area (Å²) in [6.45, 7) is 15.5. The Bertz CT molecular complexity index is 906. The molecular weight excluding hydrogens is 498 g/mol. The van der Waals surface area contributed by atoms with Gasteiger partial charge in [0.2, 0.25) is 0 Å². The van der Waals surface area contributed by atoms with E-state index < -0.39 is 18.9 Å². The molecule has 0 aromatic heterocycles. The van der Waals surface area contributed by atoms with Crippen LogP contribution in [0, 0.1) is 12.1 Å². The van der Waals surface area contributed by atoms with Crippen molar-refractivity contribution in [2.24, 2.45) is 0 Å². The Morgan fingerprint density at radius 3 is 1.42 bits per heavy atom. The third-order valence-electron chi connectivity index (χ3n) is 5.33. The number of hydrogen-bond donors (Lipinski definition) is 0. The molecule has 0 atom stereocenters. The summed E-state index contributed by atoms with van der Waals surface area (Å²) in [5.41, 5.74) is 8.94. The van der Waals surface area contributed by atoms with Crippen molar-refractivity contribution in [3.05, 3.63) is 81.9 Å². The molecular formula is C28H34Cl2Zr-2. The van der Waals surface area contributed by atoms with E-state index in [1.807, 2.05) is 22.8 Å². The molecule has 0 saturated heterocycles. The van der Waals surface area contributed by atoms with Crippen molar-refractivity contribution in [1.82, 2.24) is 0 Å². The minimum absolute atomic E-state index is 0.255. The third kappa shape index (κ3) is 7.66. The number of halogens is 2. The molecule has 0 fully saturated rings. The van der Waals surface area contributed by atoms with Gasteiger partial charge in [-0.1, -0.05) is 54.4 Å². The Labute approximate surface area is 204 Å². The fourth-order valence-corrected chi connectivity index (χ4v) is 3.83. The standard InChI is InChI=1S/2C13H15.C2H4.2ClH.Zr/c2*1-13(2,3)12-9-5-7-10-6-4-8-11(10)12;1-2;;;/h2*4-6,9H,8H2,1-3H3;1H,2H3;2*1H;/q2*-1;;;;+2/p-2. The van der Waals surface area contributed by atoms with Crippen LogP contribution in [-0.2, 0) is 42.6 Å². The van der Waals surface area contributed by atoms with Gasteiger partial charge in [-0.3, -0.25) is 0 Å². The molecule has 2 aliphatic rings. The van der Waals surface area contributed by atoms with Crippen LogP contribution < -0.4 is 0 Å². The summed E-state index contributed by atoms with van der Waals surface area (Å²) in [5, 5.41) is 0. The summed E-state index contributed by atoms with van der Waals surface area (Å²) in [6.07, 6.45) is 10.9. The Balaban J connectivity index is 0.000000182. The van der Waals surface area contributed by atoms with Crippen LogP contribution in [0.4, 0.5) is 0 Å². The van der Waals surface area contributed by atoms with Crippen LogP contribution in [-0.4, -0.2) is 3.71 Å². The fraction of sp³-hybridized carbons (Fsp3) is 0.393. The summed E-state index contributed by atoms with van der Waals surface area (Å²) >= 11 is -1.76. The first-order chi connectivity index (χ1) is 14.4. The molecule has 2 aliphatic carbocycles. The quantitative estimate of drug-likeness (QED) is 0.299. The van der Waals surface area contributed by atoms with E-state index in [2.05, 4.69) is 90.1 Å². The van der Waals surface area contributed by atoms with Crippen molar-refractivity contribution in [3.8, 4) is 0 Å². The van der Waals surface area contributed by atoms with Gasteiger partial charge in [0.25, 0.3) is 0 Å². The topological polar surface area (TPSA) is 0 Å². The molecule has 0 nitrogen and oxygen atoms in total. The molecule has 2 aromatic rings. The molecule has 0 bridgehead atoms. The molecule has 0 saturated carbocycles. The van der Waals surface area contributed by atoms with Gasteiger partial charge in [-0.2, -0.15) is 0 Å². The Hall–Kier alpha value is -0.747. The molecule has 0 unspecified atom stereocenters. The van der Waals surface area contributed by atoms with E-state index in [1.54, 1.807) is 0 Å². The molecule has 0 amide bonds. The van der Waals surface area contributed by atoms with E-state index in [-0.39, 0.29) is 10.8 Å². The van der Waals surface area contributed by atoms with Crippen molar-refractivity contribution < 1.29 is 18.9 Å². The zero-order valence-electron chi connectivity index (χ0n) is 19.9. The van der Waals surface area contributed by atoms with Crippen LogP contribution in [0.25, 0.3) is 12.2 Å². The summed E-state index contributed by atoms with van der Waals surface area (Å²) in [5.74, 6) is 0. The van der Waals surface area contributed by atoms with Gasteiger partial charge in [0.15, 0.2) is 0 Å². The van der Waals surface area contributed by atoms with Gasteiger partial charge in [0, 0.05) is 0 Å². The van der Waals surface area contributed by atoms with E-state index >= 15 is 0 Å². The maximum atomic E-state index is 5.37. The van der Waals surface area contributed by atoms with Gasteiger partial charge in [0.1, 0.15) is 0 Å². The Morgan fingerprint density at radius 1 is 0.774 bits per heavy atom. The Morgan fingerprint density at radius 2 is 1.13 bits per heavy atom. The molecule has 0 heterocycles. The van der Waals surface area contributed by atoms with Crippen molar-refractivity contribution in [1.29, 1.82) is 0 Å². The first kappa shape index (κ1) is 26.5. The molecule has 0 aliphatic heterocycles. The van der Waals surface area contributed by atoms with Crippen LogP contribution in [0.1, 0.15) is 81.8 Å². The SMILES string of the molecule is CC(C)(C)c1cc[c-]c2c1CC=C2.CC(C)(C)c1cc[c-]c2c1CC=C2.C[CH]=[Zr]([Cl])[Cl]. The van der Waals surface area contributed by atoms with E-state index in [1.165, 1.54) is 33.4 Å². The minimum atomic E-state index is -1.76. The number of rotatable bonds is 0. The number of benzene rings is 2. The van der Waals surface area contributed by atoms with Gasteiger partial charge < -0.3 is 0 Å². The molecule has 0 spiro atoms. The second kappa shape index (κ2) is 11.4. The van der Waals surface area contributed by atoms with Crippen LogP contribution in [0.2, 0.25) is 0 Å². The van der Waals surface area contributed by atoms with Gasteiger partial charge in [0.05, 0.1) is 0 Å². The predicted octanol–water partition coefficient (Wildman–Crippen LogP) is 8.44. The second-order valence-corrected chi connectivity index (χ2v) is 18.7. The van der Waals surface area contributed by atoms with Gasteiger partial charge in [-0.05, 0) is 10.8 Å². The first-order valence-electron chi connectivity index (χ1n) is 10.8. The van der Waals surface area contributed by atoms with Crippen LogP contribution in [0.15, 0.2) is 36.4 Å². The third-order valence-corrected chi connectivity index (χ3v) is 8.98. The van der Waals surface area contributed by atoms with Crippen LogP contribution in [0.3, 0.4) is 0 Å². The average Bonchev–Trinajstić information content (AvgIpc) is 3.35. The van der Waals surface area contributed by atoms with E-state index in [0.29, 0.717) is 0 Å². The molecule has 2 aromatic carbocycles. The number of fused-ring (bicyclic) bond motifs is 2. The zero-order valence-corrected chi connectivity index (χ0v) is 23.8. The van der Waals surface area contributed by atoms with Gasteiger partial charge in [-0.25, -0.2) is 0 Å². The van der Waals surface area contributed by atoms with Crippen molar-refractivity contribution in [2.45, 2.75) is 72.1 Å². The first-order valence-corrected chi connectivity index (χ1v) is 18.6. The maximum absolute atomic E-state index is 5.37. The van der Waals surface area contributed by atoms with Crippen LogP contribution >= 0.6 is 17.0 Å².